The minimum atomic E-state index is -0.851. The first-order chi connectivity index (χ1) is 33.5. The van der Waals surface area contributed by atoms with E-state index in [0.717, 1.165) is 116 Å². The lowest BCUT2D eigenvalue weighted by Crippen LogP contribution is -2.30. The van der Waals surface area contributed by atoms with E-state index < -0.39 is 12.1 Å². The maximum Gasteiger partial charge on any atom is 0.306 e. The summed E-state index contributed by atoms with van der Waals surface area (Å²) in [5, 5.41) is 0. The molecule has 0 saturated carbocycles. The lowest BCUT2D eigenvalue weighted by atomic mass is 10.1. The molecule has 0 saturated heterocycles. The van der Waals surface area contributed by atoms with Crippen molar-refractivity contribution in [3.05, 3.63) is 182 Å². The fraction of sp³-hybridized carbons (Fsp3) is 0.468. The van der Waals surface area contributed by atoms with E-state index in [9.17, 15) is 14.4 Å². The number of carbonyl (C=O) groups excluding carboxylic acids is 3. The molecule has 0 aromatic heterocycles. The van der Waals surface area contributed by atoms with E-state index in [1.807, 2.05) is 60.8 Å². The van der Waals surface area contributed by atoms with E-state index in [4.69, 9.17) is 14.2 Å². The molecular formula is C62H90O6. The van der Waals surface area contributed by atoms with Gasteiger partial charge in [-0.1, -0.05) is 216 Å². The normalized spacial score (nSPS) is 13.6. The SMILES string of the molecule is CC\C=C/C=C\C=C/C=C\C=C\C=C/CCCCCC(=O)OCC(COC(=O)CCCCC/C=C\C/C=C\C/C=C\C/C=C\CC)OC(=O)CCC/C=C\C/C=C\C/C=C\C/C=C\C/C=C\CC. The molecule has 68 heavy (non-hydrogen) atoms. The highest BCUT2D eigenvalue weighted by atomic mass is 16.6. The molecule has 0 bridgehead atoms. The minimum Gasteiger partial charge on any atom is -0.462 e. The summed E-state index contributed by atoms with van der Waals surface area (Å²) in [5.41, 5.74) is 0. The Hall–Kier alpha value is -5.49. The lowest BCUT2D eigenvalue weighted by Gasteiger charge is -2.18. The molecule has 0 amide bonds. The van der Waals surface area contributed by atoms with Gasteiger partial charge in [0.05, 0.1) is 0 Å². The topological polar surface area (TPSA) is 78.9 Å². The van der Waals surface area contributed by atoms with Gasteiger partial charge in [0.25, 0.3) is 0 Å². The van der Waals surface area contributed by atoms with Gasteiger partial charge in [-0.3, -0.25) is 14.4 Å². The third kappa shape index (κ3) is 51.5. The molecule has 6 nitrogen and oxygen atoms in total. The molecule has 0 rings (SSSR count). The average molecular weight is 931 g/mol. The number of carbonyl (C=O) groups is 3. The number of unbranched alkanes of at least 4 members (excludes halogenated alkanes) is 7. The summed E-state index contributed by atoms with van der Waals surface area (Å²) in [6, 6.07) is 0. The van der Waals surface area contributed by atoms with E-state index in [-0.39, 0.29) is 44.4 Å². The summed E-state index contributed by atoms with van der Waals surface area (Å²) >= 11 is 0. The summed E-state index contributed by atoms with van der Waals surface area (Å²) in [5.74, 6) is -1.09. The van der Waals surface area contributed by atoms with E-state index in [1.54, 1.807) is 0 Å². The van der Waals surface area contributed by atoms with Crippen LogP contribution in [-0.2, 0) is 28.6 Å². The first-order valence-corrected chi connectivity index (χ1v) is 25.9. The molecule has 1 unspecified atom stereocenters. The molecule has 1 atom stereocenters. The standard InChI is InChI=1S/C62H90O6/c1-4-7-10-13-16-19-22-25-28-31-34-37-40-43-46-49-52-55-61(64)67-58-59(57-66-60(63)54-51-48-45-42-39-36-33-30-27-24-21-18-15-12-9-6-3)68-62(65)56-53-50-47-44-41-38-35-32-29-26-23-20-17-14-11-8-5-2/h7-13,16-22,25-31,34-40,44,47,59H,4-6,14-15,23-24,32-33,41-43,45-46,48-58H2,1-3H3/b10-7-,11-8-,12-9-,16-13-,20-17-,21-18-,22-19-,28-25-,29-26-,30-27-,34-31+,38-35-,39-36-,40-37-,47-44-. The highest BCUT2D eigenvalue weighted by Gasteiger charge is 2.19. The number of rotatable bonds is 43. The summed E-state index contributed by atoms with van der Waals surface area (Å²) in [4.78, 5) is 38.0. The zero-order chi connectivity index (χ0) is 49.3. The smallest absolute Gasteiger partial charge is 0.306 e. The van der Waals surface area contributed by atoms with Gasteiger partial charge in [0.2, 0.25) is 0 Å². The molecule has 6 heteroatoms. The van der Waals surface area contributed by atoms with Crippen LogP contribution in [0.5, 0.6) is 0 Å². The van der Waals surface area contributed by atoms with Crippen LogP contribution in [0.3, 0.4) is 0 Å². The van der Waals surface area contributed by atoms with Crippen molar-refractivity contribution in [2.24, 2.45) is 0 Å². The van der Waals surface area contributed by atoms with Crippen molar-refractivity contribution in [1.29, 1.82) is 0 Å². The predicted molar refractivity (Wildman–Crippen MR) is 292 cm³/mol. The van der Waals surface area contributed by atoms with Crippen molar-refractivity contribution in [3.63, 3.8) is 0 Å². The maximum absolute atomic E-state index is 12.8. The second kappa shape index (κ2) is 54.1. The first kappa shape index (κ1) is 62.5. The summed E-state index contributed by atoms with van der Waals surface area (Å²) in [6.07, 6.45) is 81.6. The van der Waals surface area contributed by atoms with Gasteiger partial charge >= 0.3 is 17.9 Å². The van der Waals surface area contributed by atoms with Crippen LogP contribution in [-0.4, -0.2) is 37.2 Å². The van der Waals surface area contributed by atoms with Gasteiger partial charge in [-0.05, 0) is 116 Å². The van der Waals surface area contributed by atoms with Crippen LogP contribution in [0.15, 0.2) is 182 Å². The highest BCUT2D eigenvalue weighted by molar-refractivity contribution is 5.71. The van der Waals surface area contributed by atoms with Gasteiger partial charge in [-0.15, -0.1) is 0 Å². The van der Waals surface area contributed by atoms with E-state index >= 15 is 0 Å². The van der Waals surface area contributed by atoms with Crippen LogP contribution in [0.4, 0.5) is 0 Å². The van der Waals surface area contributed by atoms with Crippen molar-refractivity contribution in [2.45, 2.75) is 175 Å². The molecule has 0 aliphatic heterocycles. The summed E-state index contributed by atoms with van der Waals surface area (Å²) in [7, 11) is 0. The molecule has 0 fully saturated rings. The van der Waals surface area contributed by atoms with Crippen LogP contribution in [0.2, 0.25) is 0 Å². The fourth-order valence-corrected chi connectivity index (χ4v) is 6.03. The molecule has 0 spiro atoms. The third-order valence-electron chi connectivity index (χ3n) is 9.80. The monoisotopic (exact) mass is 931 g/mol. The Morgan fingerprint density at radius 1 is 0.309 bits per heavy atom. The molecular weight excluding hydrogens is 841 g/mol. The molecule has 0 heterocycles. The zero-order valence-corrected chi connectivity index (χ0v) is 42.5. The van der Waals surface area contributed by atoms with Crippen LogP contribution in [0, 0.1) is 0 Å². The largest absolute Gasteiger partial charge is 0.462 e. The van der Waals surface area contributed by atoms with Crippen LogP contribution >= 0.6 is 0 Å². The molecule has 0 radical (unpaired) electrons. The van der Waals surface area contributed by atoms with E-state index in [1.165, 1.54) is 0 Å². The Kier molecular flexibility index (Phi) is 49.7. The van der Waals surface area contributed by atoms with Crippen molar-refractivity contribution in [1.82, 2.24) is 0 Å². The Labute approximate surface area is 414 Å². The van der Waals surface area contributed by atoms with Gasteiger partial charge in [0, 0.05) is 19.3 Å². The van der Waals surface area contributed by atoms with Crippen LogP contribution in [0.25, 0.3) is 0 Å². The zero-order valence-electron chi connectivity index (χ0n) is 42.5. The molecule has 374 valence electrons. The Bertz CT molecular complexity index is 1680. The predicted octanol–water partition coefficient (Wildman–Crippen LogP) is 17.4. The second-order valence-electron chi connectivity index (χ2n) is 16.1. The van der Waals surface area contributed by atoms with Gasteiger partial charge in [-0.25, -0.2) is 0 Å². The molecule has 0 aromatic carbocycles. The second-order valence-corrected chi connectivity index (χ2v) is 16.1. The molecule has 0 aromatic rings. The minimum absolute atomic E-state index is 0.143. The van der Waals surface area contributed by atoms with Crippen molar-refractivity contribution in [2.75, 3.05) is 13.2 Å². The van der Waals surface area contributed by atoms with Gasteiger partial charge in [-0.2, -0.15) is 0 Å². The van der Waals surface area contributed by atoms with Crippen molar-refractivity contribution >= 4 is 17.9 Å². The van der Waals surface area contributed by atoms with Gasteiger partial charge < -0.3 is 14.2 Å². The highest BCUT2D eigenvalue weighted by Crippen LogP contribution is 2.10. The van der Waals surface area contributed by atoms with Crippen molar-refractivity contribution in [3.8, 4) is 0 Å². The van der Waals surface area contributed by atoms with Crippen LogP contribution < -0.4 is 0 Å². The quantitative estimate of drug-likeness (QED) is 0.0199. The van der Waals surface area contributed by atoms with Crippen LogP contribution in [0.1, 0.15) is 168 Å². The Balaban J connectivity index is 4.68. The first-order valence-electron chi connectivity index (χ1n) is 25.9. The van der Waals surface area contributed by atoms with E-state index in [0.29, 0.717) is 12.8 Å². The van der Waals surface area contributed by atoms with Gasteiger partial charge in [0.15, 0.2) is 6.10 Å². The summed E-state index contributed by atoms with van der Waals surface area (Å²) in [6.45, 7) is 6.11. The van der Waals surface area contributed by atoms with Gasteiger partial charge in [0.1, 0.15) is 13.2 Å². The Morgan fingerprint density at radius 3 is 1.01 bits per heavy atom. The summed E-state index contributed by atoms with van der Waals surface area (Å²) < 4.78 is 16.7. The number of hydrogen-bond donors (Lipinski definition) is 0. The fourth-order valence-electron chi connectivity index (χ4n) is 6.03. The number of esters is 3. The molecule has 0 N–H and O–H groups in total. The third-order valence-corrected chi connectivity index (χ3v) is 9.80. The Morgan fingerprint density at radius 2 is 0.618 bits per heavy atom. The molecule has 0 aliphatic rings. The number of hydrogen-bond acceptors (Lipinski definition) is 6. The lowest BCUT2D eigenvalue weighted by molar-refractivity contribution is -0.167. The molecule has 0 aliphatic carbocycles. The average Bonchev–Trinajstić information content (AvgIpc) is 3.34. The van der Waals surface area contributed by atoms with Crippen molar-refractivity contribution < 1.29 is 28.6 Å². The number of allylic oxidation sites excluding steroid dienone is 30. The van der Waals surface area contributed by atoms with E-state index in [2.05, 4.69) is 142 Å². The number of ether oxygens (including phenoxy) is 3. The maximum atomic E-state index is 12.8.